The number of carbonyl (C=O) groups excluding carboxylic acids is 1. The zero-order valence-electron chi connectivity index (χ0n) is 12.3. The molecule has 110 valence electrons. The molecule has 0 aromatic carbocycles. The summed E-state index contributed by atoms with van der Waals surface area (Å²) in [5.41, 5.74) is 0. The number of allylic oxidation sites excluding steroid dienone is 2. The van der Waals surface area contributed by atoms with Crippen LogP contribution < -0.4 is 0 Å². The van der Waals surface area contributed by atoms with Crippen molar-refractivity contribution in [2.75, 3.05) is 0 Å². The Hall–Kier alpha value is -1.11. The van der Waals surface area contributed by atoms with E-state index in [-0.39, 0.29) is 5.92 Å². The number of ketones is 1. The fourth-order valence-electron chi connectivity index (χ4n) is 3.56. The predicted molar refractivity (Wildman–Crippen MR) is 77.5 cm³/mol. The average molecular weight is 276 g/mol. The Morgan fingerprint density at radius 1 is 1.40 bits per heavy atom. The number of rotatable bonds is 4. The lowest BCUT2D eigenvalue weighted by molar-refractivity contribution is -0.145. The Morgan fingerprint density at radius 3 is 2.85 bits per heavy atom. The molecule has 3 unspecified atom stereocenters. The van der Waals surface area contributed by atoms with Crippen molar-refractivity contribution < 1.29 is 15.0 Å². The zero-order valence-corrected chi connectivity index (χ0v) is 12.3. The van der Waals surface area contributed by atoms with E-state index in [1.807, 2.05) is 6.08 Å². The Balaban J connectivity index is 1.87. The molecule has 0 aromatic rings. The minimum atomic E-state index is -1.92. The second kappa shape index (κ2) is 6.11. The summed E-state index contributed by atoms with van der Waals surface area (Å²) in [7, 11) is 0. The van der Waals surface area contributed by atoms with Crippen molar-refractivity contribution in [3.05, 3.63) is 12.2 Å². The van der Waals surface area contributed by atoms with E-state index in [1.54, 1.807) is 13.8 Å². The van der Waals surface area contributed by atoms with E-state index in [4.69, 9.17) is 0 Å². The summed E-state index contributed by atoms with van der Waals surface area (Å²) >= 11 is 0. The van der Waals surface area contributed by atoms with Gasteiger partial charge in [-0.05, 0) is 49.9 Å². The van der Waals surface area contributed by atoms with Gasteiger partial charge in [-0.25, -0.2) is 0 Å². The van der Waals surface area contributed by atoms with E-state index in [2.05, 4.69) is 17.9 Å². The van der Waals surface area contributed by atoms with E-state index in [0.29, 0.717) is 30.0 Å². The highest BCUT2D eigenvalue weighted by atomic mass is 16.5. The average Bonchev–Trinajstić information content (AvgIpc) is 2.89. The molecule has 0 aliphatic heterocycles. The van der Waals surface area contributed by atoms with Crippen molar-refractivity contribution in [3.63, 3.8) is 0 Å². The molecule has 0 radical (unpaired) electrons. The van der Waals surface area contributed by atoms with Crippen LogP contribution in [0.2, 0.25) is 0 Å². The second-order valence-corrected chi connectivity index (χ2v) is 6.28. The van der Waals surface area contributed by atoms with E-state index in [0.717, 1.165) is 25.7 Å². The van der Waals surface area contributed by atoms with Gasteiger partial charge in [-0.3, -0.25) is 4.79 Å². The molecular formula is C17H24O3. The molecule has 0 bridgehead atoms. The topological polar surface area (TPSA) is 57.5 Å². The fraction of sp³-hybridized carbons (Fsp3) is 0.706. The van der Waals surface area contributed by atoms with Crippen LogP contribution in [0, 0.1) is 35.5 Å². The third-order valence-corrected chi connectivity index (χ3v) is 4.85. The third-order valence-electron chi connectivity index (χ3n) is 4.85. The van der Waals surface area contributed by atoms with Crippen LogP contribution in [0.3, 0.4) is 0 Å². The molecule has 0 heterocycles. The molecular weight excluding hydrogens is 252 g/mol. The van der Waals surface area contributed by atoms with Gasteiger partial charge in [-0.2, -0.15) is 0 Å². The molecule has 2 aliphatic carbocycles. The van der Waals surface area contributed by atoms with Crippen molar-refractivity contribution in [3.8, 4) is 11.8 Å². The van der Waals surface area contributed by atoms with Crippen LogP contribution in [0.1, 0.15) is 46.0 Å². The Morgan fingerprint density at radius 2 is 2.15 bits per heavy atom. The molecule has 0 amide bonds. The van der Waals surface area contributed by atoms with E-state index >= 15 is 0 Å². The standard InChI is InChI=1S/C17H24O3/c1-3-9-17(19,20)12(2)5-4-6-13-7-8-14-10-15(18)11-16(13)14/h4,6,12-14,16,19-20H,5,7-8,10-11H2,1-2H3/b6-4+/t12?,13-,14?,16?/m0/s1. The van der Waals surface area contributed by atoms with E-state index < -0.39 is 5.79 Å². The highest BCUT2D eigenvalue weighted by Gasteiger charge is 2.41. The first kappa shape index (κ1) is 15.3. The first-order valence-electron chi connectivity index (χ1n) is 7.51. The van der Waals surface area contributed by atoms with E-state index in [1.165, 1.54) is 0 Å². The molecule has 20 heavy (non-hydrogen) atoms. The van der Waals surface area contributed by atoms with Gasteiger partial charge < -0.3 is 10.2 Å². The lowest BCUT2D eigenvalue weighted by Crippen LogP contribution is -2.34. The number of carbonyl (C=O) groups is 1. The van der Waals surface area contributed by atoms with Crippen molar-refractivity contribution in [2.45, 2.75) is 51.7 Å². The van der Waals surface area contributed by atoms with Crippen LogP contribution >= 0.6 is 0 Å². The van der Waals surface area contributed by atoms with Crippen LogP contribution in [-0.2, 0) is 4.79 Å². The van der Waals surface area contributed by atoms with Crippen molar-refractivity contribution in [1.29, 1.82) is 0 Å². The number of hydrogen-bond donors (Lipinski definition) is 2. The van der Waals surface area contributed by atoms with Crippen LogP contribution in [0.4, 0.5) is 0 Å². The maximum atomic E-state index is 11.5. The van der Waals surface area contributed by atoms with Gasteiger partial charge >= 0.3 is 0 Å². The number of Topliss-reactive ketones (excluding diaryl/α,β-unsaturated/α-hetero) is 1. The first-order valence-corrected chi connectivity index (χ1v) is 7.51. The molecule has 3 nitrogen and oxygen atoms in total. The second-order valence-electron chi connectivity index (χ2n) is 6.28. The third kappa shape index (κ3) is 3.31. The predicted octanol–water partition coefficient (Wildman–Crippen LogP) is 2.28. The summed E-state index contributed by atoms with van der Waals surface area (Å²) in [6.45, 7) is 3.38. The summed E-state index contributed by atoms with van der Waals surface area (Å²) < 4.78 is 0. The van der Waals surface area contributed by atoms with Crippen molar-refractivity contribution in [1.82, 2.24) is 0 Å². The minimum Gasteiger partial charge on any atom is -0.356 e. The van der Waals surface area contributed by atoms with Crippen LogP contribution in [-0.4, -0.2) is 21.8 Å². The Labute approximate surface area is 121 Å². The first-order chi connectivity index (χ1) is 9.44. The molecule has 3 heteroatoms. The molecule has 2 fully saturated rings. The van der Waals surface area contributed by atoms with Crippen LogP contribution in [0.25, 0.3) is 0 Å². The Bertz CT molecular complexity index is 453. The molecule has 0 spiro atoms. The lowest BCUT2D eigenvalue weighted by atomic mass is 9.90. The summed E-state index contributed by atoms with van der Waals surface area (Å²) in [5.74, 6) is 4.75. The number of aliphatic hydroxyl groups is 2. The van der Waals surface area contributed by atoms with Gasteiger partial charge in [0.2, 0.25) is 5.79 Å². The monoisotopic (exact) mass is 276 g/mol. The van der Waals surface area contributed by atoms with E-state index in [9.17, 15) is 15.0 Å². The van der Waals surface area contributed by atoms with Crippen molar-refractivity contribution in [2.24, 2.45) is 23.7 Å². The lowest BCUT2D eigenvalue weighted by Gasteiger charge is -2.22. The maximum absolute atomic E-state index is 11.5. The molecule has 2 N–H and O–H groups in total. The van der Waals surface area contributed by atoms with Gasteiger partial charge in [0.25, 0.3) is 0 Å². The highest BCUT2D eigenvalue weighted by molar-refractivity contribution is 5.81. The van der Waals surface area contributed by atoms with Gasteiger partial charge in [0, 0.05) is 18.8 Å². The molecule has 0 saturated heterocycles. The molecule has 2 rings (SSSR count). The van der Waals surface area contributed by atoms with Gasteiger partial charge in [0.15, 0.2) is 0 Å². The summed E-state index contributed by atoms with van der Waals surface area (Å²) in [5, 5.41) is 19.5. The maximum Gasteiger partial charge on any atom is 0.231 e. The fourth-order valence-corrected chi connectivity index (χ4v) is 3.56. The molecule has 2 aliphatic rings. The molecule has 0 aromatic heterocycles. The van der Waals surface area contributed by atoms with Gasteiger partial charge in [0.1, 0.15) is 5.78 Å². The minimum absolute atomic E-state index is 0.325. The zero-order chi connectivity index (χ0) is 14.8. The van der Waals surface area contributed by atoms with Gasteiger partial charge in [-0.15, -0.1) is 5.92 Å². The number of fused-ring (bicyclic) bond motifs is 1. The smallest absolute Gasteiger partial charge is 0.231 e. The normalized spacial score (nSPS) is 31.2. The van der Waals surface area contributed by atoms with Gasteiger partial charge in [0.05, 0.1) is 0 Å². The Kier molecular flexibility index (Phi) is 4.67. The highest BCUT2D eigenvalue weighted by Crippen LogP contribution is 2.46. The largest absolute Gasteiger partial charge is 0.356 e. The molecule has 2 saturated carbocycles. The van der Waals surface area contributed by atoms with Crippen LogP contribution in [0.5, 0.6) is 0 Å². The summed E-state index contributed by atoms with van der Waals surface area (Å²) in [6.07, 6.45) is 8.62. The quantitative estimate of drug-likeness (QED) is 0.470. The summed E-state index contributed by atoms with van der Waals surface area (Å²) in [6, 6.07) is 0. The van der Waals surface area contributed by atoms with Crippen LogP contribution in [0.15, 0.2) is 12.2 Å². The van der Waals surface area contributed by atoms with Crippen molar-refractivity contribution >= 4 is 5.78 Å². The molecule has 4 atom stereocenters. The van der Waals surface area contributed by atoms with Gasteiger partial charge in [-0.1, -0.05) is 19.1 Å². The number of hydrogen-bond acceptors (Lipinski definition) is 3. The SMILES string of the molecule is CC#CC(O)(O)C(C)C/C=C/[C@H]1CCC2CC(=O)CC21. The summed E-state index contributed by atoms with van der Waals surface area (Å²) in [4.78, 5) is 11.5.